The molecule has 1 N–H and O–H groups in total. The van der Waals surface area contributed by atoms with Crippen LogP contribution in [0.2, 0.25) is 5.15 Å². The smallest absolute Gasteiger partial charge is 0.341 e. The van der Waals surface area contributed by atoms with E-state index >= 15 is 0 Å². The molecule has 1 amide bonds. The van der Waals surface area contributed by atoms with Gasteiger partial charge < -0.3 is 14.8 Å². The molecule has 1 heterocycles. The summed E-state index contributed by atoms with van der Waals surface area (Å²) in [7, 11) is 1.60. The van der Waals surface area contributed by atoms with Crippen LogP contribution in [0.15, 0.2) is 42.6 Å². The highest BCUT2D eigenvalue weighted by Gasteiger charge is 2.14. The highest BCUT2D eigenvalue weighted by Crippen LogP contribution is 2.17. The molecule has 0 spiro atoms. The van der Waals surface area contributed by atoms with Crippen LogP contribution in [0.5, 0.6) is 5.75 Å². The molecular weight excluding hydrogens is 332 g/mol. The Hall–Kier alpha value is -2.60. The Morgan fingerprint density at radius 2 is 2.00 bits per heavy atom. The maximum atomic E-state index is 11.8. The van der Waals surface area contributed by atoms with Crippen LogP contribution < -0.4 is 10.1 Å². The Labute approximate surface area is 144 Å². The minimum absolute atomic E-state index is 0.0408. The zero-order valence-electron chi connectivity index (χ0n) is 13.1. The lowest BCUT2D eigenvalue weighted by molar-refractivity contribution is -0.124. The second kappa shape index (κ2) is 8.88. The van der Waals surface area contributed by atoms with Crippen molar-refractivity contribution in [2.24, 2.45) is 0 Å². The topological polar surface area (TPSA) is 77.5 Å². The van der Waals surface area contributed by atoms with Crippen molar-refractivity contribution in [3.05, 3.63) is 58.9 Å². The molecular formula is C17H17ClN2O4. The fraction of sp³-hybridized carbons (Fsp3) is 0.235. The number of pyridine rings is 1. The lowest BCUT2D eigenvalue weighted by Crippen LogP contribution is -2.30. The van der Waals surface area contributed by atoms with Crippen molar-refractivity contribution in [2.45, 2.75) is 6.42 Å². The van der Waals surface area contributed by atoms with Crippen LogP contribution in [-0.2, 0) is 16.0 Å². The average molecular weight is 349 g/mol. The lowest BCUT2D eigenvalue weighted by atomic mass is 10.1. The summed E-state index contributed by atoms with van der Waals surface area (Å²) in [6.07, 6.45) is 2.07. The van der Waals surface area contributed by atoms with Crippen molar-refractivity contribution in [3.8, 4) is 5.75 Å². The van der Waals surface area contributed by atoms with Crippen molar-refractivity contribution < 1.29 is 19.1 Å². The van der Waals surface area contributed by atoms with E-state index in [9.17, 15) is 9.59 Å². The summed E-state index contributed by atoms with van der Waals surface area (Å²) in [5.41, 5.74) is 1.11. The molecule has 0 unspecified atom stereocenters. The second-order valence-electron chi connectivity index (χ2n) is 4.83. The van der Waals surface area contributed by atoms with Crippen LogP contribution in [0.25, 0.3) is 0 Å². The maximum Gasteiger partial charge on any atom is 0.341 e. The quantitative estimate of drug-likeness (QED) is 0.613. The summed E-state index contributed by atoms with van der Waals surface area (Å²) >= 11 is 5.79. The van der Waals surface area contributed by atoms with Crippen LogP contribution in [0.3, 0.4) is 0 Å². The molecule has 0 aliphatic carbocycles. The Balaban J connectivity index is 1.76. The fourth-order valence-corrected chi connectivity index (χ4v) is 2.24. The zero-order valence-corrected chi connectivity index (χ0v) is 13.9. The number of nitrogens with one attached hydrogen (secondary N) is 1. The number of rotatable bonds is 7. The Morgan fingerprint density at radius 1 is 1.21 bits per heavy atom. The van der Waals surface area contributed by atoms with Gasteiger partial charge in [0.25, 0.3) is 5.91 Å². The van der Waals surface area contributed by atoms with Gasteiger partial charge in [-0.25, -0.2) is 9.78 Å². The summed E-state index contributed by atoms with van der Waals surface area (Å²) in [4.78, 5) is 27.3. The number of ether oxygens (including phenoxy) is 2. The average Bonchev–Trinajstić information content (AvgIpc) is 2.60. The molecule has 0 aliphatic heterocycles. The van der Waals surface area contributed by atoms with Gasteiger partial charge in [0.15, 0.2) is 6.61 Å². The van der Waals surface area contributed by atoms with E-state index in [1.165, 1.54) is 12.3 Å². The van der Waals surface area contributed by atoms with Gasteiger partial charge in [-0.1, -0.05) is 29.8 Å². The molecule has 1 aromatic heterocycles. The van der Waals surface area contributed by atoms with Crippen LogP contribution in [-0.4, -0.2) is 37.1 Å². The number of para-hydroxylation sites is 1. The molecule has 0 radical (unpaired) electrons. The predicted molar refractivity (Wildman–Crippen MR) is 89.2 cm³/mol. The Kier molecular flexibility index (Phi) is 6.57. The van der Waals surface area contributed by atoms with Gasteiger partial charge >= 0.3 is 5.97 Å². The summed E-state index contributed by atoms with van der Waals surface area (Å²) < 4.78 is 10.2. The third-order valence-corrected chi connectivity index (χ3v) is 3.52. The first-order valence-corrected chi connectivity index (χ1v) is 7.66. The first kappa shape index (κ1) is 17.7. The van der Waals surface area contributed by atoms with Gasteiger partial charge in [-0.2, -0.15) is 0 Å². The van der Waals surface area contributed by atoms with Gasteiger partial charge in [0.2, 0.25) is 0 Å². The van der Waals surface area contributed by atoms with E-state index in [-0.39, 0.29) is 17.3 Å². The molecule has 0 saturated carbocycles. The Bertz CT molecular complexity index is 721. The molecule has 24 heavy (non-hydrogen) atoms. The molecule has 2 aromatic rings. The van der Waals surface area contributed by atoms with Gasteiger partial charge in [0, 0.05) is 12.7 Å². The number of carbonyl (C=O) groups excluding carboxylic acids is 2. The van der Waals surface area contributed by atoms with Crippen molar-refractivity contribution >= 4 is 23.5 Å². The summed E-state index contributed by atoms with van der Waals surface area (Å²) in [5, 5.41) is 2.72. The van der Waals surface area contributed by atoms with Gasteiger partial charge in [-0.05, 0) is 30.2 Å². The number of amides is 1. The molecule has 0 aliphatic rings. The predicted octanol–water partition coefficient (Wildman–Crippen LogP) is 2.26. The molecule has 0 bridgehead atoms. The number of halogens is 1. The number of methoxy groups -OCH3 is 1. The molecule has 0 fully saturated rings. The van der Waals surface area contributed by atoms with Crippen LogP contribution >= 0.6 is 11.6 Å². The van der Waals surface area contributed by atoms with Gasteiger partial charge in [0.05, 0.1) is 12.7 Å². The molecule has 2 rings (SSSR count). The summed E-state index contributed by atoms with van der Waals surface area (Å²) in [5.74, 6) is -0.310. The van der Waals surface area contributed by atoms with E-state index in [0.717, 1.165) is 11.3 Å². The van der Waals surface area contributed by atoms with Crippen LogP contribution in [0.4, 0.5) is 0 Å². The second-order valence-corrected chi connectivity index (χ2v) is 5.19. The first-order chi connectivity index (χ1) is 11.6. The highest BCUT2D eigenvalue weighted by molar-refractivity contribution is 6.32. The molecule has 7 heteroatoms. The summed E-state index contributed by atoms with van der Waals surface area (Å²) in [6, 6.07) is 10.6. The molecule has 6 nitrogen and oxygen atoms in total. The third kappa shape index (κ3) is 4.96. The third-order valence-electron chi connectivity index (χ3n) is 3.22. The number of benzene rings is 1. The van der Waals surface area contributed by atoms with Crippen molar-refractivity contribution in [3.63, 3.8) is 0 Å². The van der Waals surface area contributed by atoms with Gasteiger partial charge in [0.1, 0.15) is 10.9 Å². The molecule has 0 atom stereocenters. The minimum Gasteiger partial charge on any atom is -0.496 e. The van der Waals surface area contributed by atoms with Gasteiger partial charge in [-0.3, -0.25) is 4.79 Å². The Morgan fingerprint density at radius 3 is 2.75 bits per heavy atom. The number of nitrogens with zero attached hydrogens (tertiary/aromatic N) is 1. The van der Waals surface area contributed by atoms with Crippen molar-refractivity contribution in [2.75, 3.05) is 20.3 Å². The van der Waals surface area contributed by atoms with E-state index in [1.54, 1.807) is 13.2 Å². The van der Waals surface area contributed by atoms with E-state index < -0.39 is 11.9 Å². The molecule has 1 aromatic carbocycles. The van der Waals surface area contributed by atoms with E-state index in [1.807, 2.05) is 24.3 Å². The SMILES string of the molecule is COc1ccccc1CCNC(=O)COC(=O)c1cccnc1Cl. The van der Waals surface area contributed by atoms with Crippen molar-refractivity contribution in [1.29, 1.82) is 0 Å². The number of hydrogen-bond donors (Lipinski definition) is 1. The van der Waals surface area contributed by atoms with E-state index in [2.05, 4.69) is 10.3 Å². The lowest BCUT2D eigenvalue weighted by Gasteiger charge is -2.09. The maximum absolute atomic E-state index is 11.8. The van der Waals surface area contributed by atoms with Crippen LogP contribution in [0.1, 0.15) is 15.9 Å². The first-order valence-electron chi connectivity index (χ1n) is 7.28. The largest absolute Gasteiger partial charge is 0.496 e. The fourth-order valence-electron chi connectivity index (χ4n) is 2.04. The minimum atomic E-state index is -0.687. The molecule has 126 valence electrons. The van der Waals surface area contributed by atoms with Crippen LogP contribution in [0, 0.1) is 0 Å². The highest BCUT2D eigenvalue weighted by atomic mass is 35.5. The number of hydrogen-bond acceptors (Lipinski definition) is 5. The standard InChI is InChI=1S/C17H17ClN2O4/c1-23-14-7-3-2-5-12(14)8-10-19-15(21)11-24-17(22)13-6-4-9-20-16(13)18/h2-7,9H,8,10-11H2,1H3,(H,19,21). The molecule has 0 saturated heterocycles. The monoisotopic (exact) mass is 348 g/mol. The van der Waals surface area contributed by atoms with E-state index in [4.69, 9.17) is 21.1 Å². The van der Waals surface area contributed by atoms with E-state index in [0.29, 0.717) is 13.0 Å². The number of aromatic nitrogens is 1. The van der Waals surface area contributed by atoms with Gasteiger partial charge in [-0.15, -0.1) is 0 Å². The van der Waals surface area contributed by atoms with Crippen molar-refractivity contribution in [1.82, 2.24) is 10.3 Å². The number of esters is 1. The summed E-state index contributed by atoms with van der Waals surface area (Å²) in [6.45, 7) is 0.0282. The zero-order chi connectivity index (χ0) is 17.4. The number of carbonyl (C=O) groups is 2. The normalized spacial score (nSPS) is 10.1.